The van der Waals surface area contributed by atoms with E-state index in [0.717, 1.165) is 17.7 Å². The van der Waals surface area contributed by atoms with Crippen molar-refractivity contribution in [3.8, 4) is 5.75 Å². The lowest BCUT2D eigenvalue weighted by molar-refractivity contribution is -0.118. The van der Waals surface area contributed by atoms with Gasteiger partial charge in [-0.25, -0.2) is 4.68 Å². The van der Waals surface area contributed by atoms with Crippen LogP contribution in [0.25, 0.3) is 0 Å². The van der Waals surface area contributed by atoms with Crippen molar-refractivity contribution in [2.45, 2.75) is 38.1 Å². The molecule has 2 rings (SSSR count). The first-order chi connectivity index (χ1) is 12.6. The summed E-state index contributed by atoms with van der Waals surface area (Å²) < 4.78 is 12.3. The molecule has 0 unspecified atom stereocenters. The van der Waals surface area contributed by atoms with Gasteiger partial charge in [-0.3, -0.25) is 4.79 Å². The lowest BCUT2D eigenvalue weighted by atomic mass is 10.2. The molecule has 26 heavy (non-hydrogen) atoms. The number of benzene rings is 1. The fourth-order valence-corrected chi connectivity index (χ4v) is 2.81. The van der Waals surface area contributed by atoms with E-state index >= 15 is 0 Å². The SMILES string of the molecule is COc1ccc(Cn2nnnc2SCC(=O)NCCCOC(C)C)cc1. The Kier molecular flexibility index (Phi) is 8.36. The highest BCUT2D eigenvalue weighted by atomic mass is 32.2. The van der Waals surface area contributed by atoms with Crippen LogP contribution < -0.4 is 10.1 Å². The summed E-state index contributed by atoms with van der Waals surface area (Å²) in [5, 5.41) is 15.2. The third-order valence-electron chi connectivity index (χ3n) is 3.42. The van der Waals surface area contributed by atoms with Gasteiger partial charge in [0.2, 0.25) is 11.1 Å². The van der Waals surface area contributed by atoms with Crippen molar-refractivity contribution in [3.05, 3.63) is 29.8 Å². The van der Waals surface area contributed by atoms with Gasteiger partial charge in [-0.2, -0.15) is 0 Å². The summed E-state index contributed by atoms with van der Waals surface area (Å²) in [5.74, 6) is 1.03. The summed E-state index contributed by atoms with van der Waals surface area (Å²) in [5.41, 5.74) is 1.05. The molecule has 142 valence electrons. The predicted octanol–water partition coefficient (Wildman–Crippen LogP) is 1.75. The van der Waals surface area contributed by atoms with Gasteiger partial charge in [0.15, 0.2) is 0 Å². The molecule has 1 aromatic carbocycles. The quantitative estimate of drug-likeness (QED) is 0.470. The van der Waals surface area contributed by atoms with Crippen LogP contribution in [0, 0.1) is 0 Å². The van der Waals surface area contributed by atoms with E-state index < -0.39 is 0 Å². The predicted molar refractivity (Wildman–Crippen MR) is 99.4 cm³/mol. The van der Waals surface area contributed by atoms with Crippen LogP contribution in [0.1, 0.15) is 25.8 Å². The summed E-state index contributed by atoms with van der Waals surface area (Å²) in [4.78, 5) is 11.9. The van der Waals surface area contributed by atoms with Crippen molar-refractivity contribution in [1.82, 2.24) is 25.5 Å². The number of methoxy groups -OCH3 is 1. The fourth-order valence-electron chi connectivity index (χ4n) is 2.10. The van der Waals surface area contributed by atoms with Crippen LogP contribution >= 0.6 is 11.8 Å². The second kappa shape index (κ2) is 10.8. The number of tetrazole rings is 1. The number of hydrogen-bond acceptors (Lipinski definition) is 7. The zero-order valence-electron chi connectivity index (χ0n) is 15.3. The number of ether oxygens (including phenoxy) is 2. The summed E-state index contributed by atoms with van der Waals surface area (Å²) in [7, 11) is 1.63. The molecule has 1 N–H and O–H groups in total. The van der Waals surface area contributed by atoms with Gasteiger partial charge in [0, 0.05) is 13.2 Å². The number of carbonyl (C=O) groups is 1. The molecule has 0 bridgehead atoms. The average molecular weight is 379 g/mol. The van der Waals surface area contributed by atoms with Crippen LogP contribution in [-0.4, -0.2) is 58.2 Å². The fraction of sp³-hybridized carbons (Fsp3) is 0.529. The number of thioether (sulfide) groups is 1. The maximum atomic E-state index is 11.9. The Balaban J connectivity index is 1.74. The summed E-state index contributed by atoms with van der Waals surface area (Å²) in [6, 6.07) is 7.70. The lowest BCUT2D eigenvalue weighted by Gasteiger charge is -2.08. The van der Waals surface area contributed by atoms with Crippen molar-refractivity contribution < 1.29 is 14.3 Å². The number of carbonyl (C=O) groups excluding carboxylic acids is 1. The summed E-state index contributed by atoms with van der Waals surface area (Å²) in [6.45, 7) is 5.76. The first kappa shape index (κ1) is 20.2. The number of hydrogen-bond donors (Lipinski definition) is 1. The van der Waals surface area contributed by atoms with E-state index in [1.807, 2.05) is 38.1 Å². The lowest BCUT2D eigenvalue weighted by Crippen LogP contribution is -2.27. The van der Waals surface area contributed by atoms with Gasteiger partial charge in [-0.15, -0.1) is 5.10 Å². The van der Waals surface area contributed by atoms with Crippen molar-refractivity contribution in [3.63, 3.8) is 0 Å². The third kappa shape index (κ3) is 7.01. The molecule has 0 saturated heterocycles. The molecule has 0 aliphatic rings. The number of nitrogens with zero attached hydrogens (tertiary/aromatic N) is 4. The average Bonchev–Trinajstić information content (AvgIpc) is 3.07. The minimum Gasteiger partial charge on any atom is -0.497 e. The molecule has 0 aliphatic heterocycles. The minimum atomic E-state index is -0.0430. The summed E-state index contributed by atoms with van der Waals surface area (Å²) >= 11 is 1.32. The van der Waals surface area contributed by atoms with Crippen molar-refractivity contribution in [2.75, 3.05) is 26.0 Å². The van der Waals surface area contributed by atoms with E-state index in [2.05, 4.69) is 20.8 Å². The first-order valence-electron chi connectivity index (χ1n) is 8.48. The Bertz CT molecular complexity index is 675. The first-order valence-corrected chi connectivity index (χ1v) is 9.47. The highest BCUT2D eigenvalue weighted by molar-refractivity contribution is 7.99. The van der Waals surface area contributed by atoms with Crippen molar-refractivity contribution in [2.24, 2.45) is 0 Å². The number of nitrogens with one attached hydrogen (secondary N) is 1. The molecule has 0 radical (unpaired) electrons. The minimum absolute atomic E-state index is 0.0430. The second-order valence-corrected chi connectivity index (χ2v) is 6.82. The van der Waals surface area contributed by atoms with E-state index in [1.165, 1.54) is 11.8 Å². The number of aromatic nitrogens is 4. The normalized spacial score (nSPS) is 10.9. The zero-order valence-corrected chi connectivity index (χ0v) is 16.2. The Morgan fingerprint density at radius 2 is 2.08 bits per heavy atom. The molecule has 8 nitrogen and oxygen atoms in total. The second-order valence-electron chi connectivity index (χ2n) is 5.88. The van der Waals surface area contributed by atoms with Crippen molar-refractivity contribution >= 4 is 17.7 Å². The number of amides is 1. The molecular formula is C17H25N5O3S. The van der Waals surface area contributed by atoms with Crippen LogP contribution in [0.2, 0.25) is 0 Å². The maximum absolute atomic E-state index is 11.9. The van der Waals surface area contributed by atoms with Crippen LogP contribution in [-0.2, 0) is 16.1 Å². The van der Waals surface area contributed by atoms with E-state index in [-0.39, 0.29) is 17.8 Å². The Morgan fingerprint density at radius 3 is 2.77 bits per heavy atom. The van der Waals surface area contributed by atoms with Gasteiger partial charge < -0.3 is 14.8 Å². The smallest absolute Gasteiger partial charge is 0.230 e. The van der Waals surface area contributed by atoms with Gasteiger partial charge >= 0.3 is 0 Å². The third-order valence-corrected chi connectivity index (χ3v) is 4.37. The van der Waals surface area contributed by atoms with E-state index in [9.17, 15) is 4.79 Å². The molecule has 0 fully saturated rings. The molecule has 1 aromatic heterocycles. The van der Waals surface area contributed by atoms with Crippen LogP contribution in [0.5, 0.6) is 5.75 Å². The zero-order chi connectivity index (χ0) is 18.8. The Labute approximate surface area is 157 Å². The van der Waals surface area contributed by atoms with Crippen LogP contribution in [0.4, 0.5) is 0 Å². The molecule has 0 aliphatic carbocycles. The molecule has 0 saturated carbocycles. The van der Waals surface area contributed by atoms with Crippen LogP contribution in [0.3, 0.4) is 0 Å². The van der Waals surface area contributed by atoms with Gasteiger partial charge in [0.1, 0.15) is 5.75 Å². The van der Waals surface area contributed by atoms with E-state index in [1.54, 1.807) is 11.8 Å². The van der Waals surface area contributed by atoms with Gasteiger partial charge in [-0.05, 0) is 48.4 Å². The molecule has 0 spiro atoms. The topological polar surface area (TPSA) is 91.2 Å². The van der Waals surface area contributed by atoms with Gasteiger partial charge in [-0.1, -0.05) is 23.9 Å². The van der Waals surface area contributed by atoms with E-state index in [0.29, 0.717) is 24.9 Å². The summed E-state index contributed by atoms with van der Waals surface area (Å²) in [6.07, 6.45) is 1.01. The molecule has 0 atom stereocenters. The maximum Gasteiger partial charge on any atom is 0.230 e. The Hall–Kier alpha value is -2.13. The molecule has 9 heteroatoms. The molecular weight excluding hydrogens is 354 g/mol. The van der Waals surface area contributed by atoms with Gasteiger partial charge in [0.25, 0.3) is 0 Å². The number of rotatable bonds is 11. The monoisotopic (exact) mass is 379 g/mol. The van der Waals surface area contributed by atoms with Crippen molar-refractivity contribution in [1.29, 1.82) is 0 Å². The van der Waals surface area contributed by atoms with Gasteiger partial charge in [0.05, 0.1) is 25.5 Å². The highest BCUT2D eigenvalue weighted by Crippen LogP contribution is 2.16. The molecule has 1 heterocycles. The molecule has 2 aromatic rings. The Morgan fingerprint density at radius 1 is 1.31 bits per heavy atom. The van der Waals surface area contributed by atoms with Crippen LogP contribution in [0.15, 0.2) is 29.4 Å². The highest BCUT2D eigenvalue weighted by Gasteiger charge is 2.10. The molecule has 1 amide bonds. The standard InChI is InChI=1S/C17H25N5O3S/c1-13(2)25-10-4-9-18-16(23)12-26-17-19-20-21-22(17)11-14-5-7-15(24-3)8-6-14/h5-8,13H,4,9-12H2,1-3H3,(H,18,23). The largest absolute Gasteiger partial charge is 0.497 e. The van der Waals surface area contributed by atoms with E-state index in [4.69, 9.17) is 9.47 Å².